The Labute approximate surface area is 176 Å². The number of halogens is 1. The molecule has 0 saturated heterocycles. The second kappa shape index (κ2) is 10.6. The van der Waals surface area contributed by atoms with Crippen molar-refractivity contribution in [2.75, 3.05) is 32.6 Å². The molecular formula is C22H25ClN2O4. The quantitative estimate of drug-likeness (QED) is 0.461. The van der Waals surface area contributed by atoms with Gasteiger partial charge in [-0.25, -0.2) is 0 Å². The van der Waals surface area contributed by atoms with Crippen molar-refractivity contribution in [2.45, 2.75) is 19.4 Å². The van der Waals surface area contributed by atoms with Crippen molar-refractivity contribution < 1.29 is 19.1 Å². The molecule has 0 aromatic heterocycles. The van der Waals surface area contributed by atoms with Gasteiger partial charge in [0.25, 0.3) is 5.91 Å². The highest BCUT2D eigenvalue weighted by Gasteiger charge is 2.14. The number of esters is 1. The molecule has 0 atom stereocenters. The summed E-state index contributed by atoms with van der Waals surface area (Å²) in [4.78, 5) is 39.6. The Bertz CT molecular complexity index is 848. The van der Waals surface area contributed by atoms with E-state index in [2.05, 4.69) is 0 Å². The summed E-state index contributed by atoms with van der Waals surface area (Å²) in [6, 6.07) is 14.3. The van der Waals surface area contributed by atoms with Crippen molar-refractivity contribution in [3.63, 3.8) is 0 Å². The highest BCUT2D eigenvalue weighted by molar-refractivity contribution is 6.30. The van der Waals surface area contributed by atoms with Gasteiger partial charge >= 0.3 is 5.97 Å². The third-order valence-corrected chi connectivity index (χ3v) is 4.63. The maximum absolute atomic E-state index is 12.2. The van der Waals surface area contributed by atoms with E-state index in [1.807, 2.05) is 43.3 Å². The van der Waals surface area contributed by atoms with Gasteiger partial charge in [-0.1, -0.05) is 23.7 Å². The van der Waals surface area contributed by atoms with Crippen LogP contribution in [0.5, 0.6) is 0 Å². The Morgan fingerprint density at radius 3 is 2.10 bits per heavy atom. The van der Waals surface area contributed by atoms with Crippen LogP contribution in [0.15, 0.2) is 48.5 Å². The first-order valence-corrected chi connectivity index (χ1v) is 9.58. The van der Waals surface area contributed by atoms with Gasteiger partial charge in [0, 0.05) is 50.4 Å². The molecule has 2 aromatic rings. The lowest BCUT2D eigenvalue weighted by Crippen LogP contribution is -2.30. The smallest absolute Gasteiger partial charge is 0.306 e. The molecule has 154 valence electrons. The molecule has 0 aliphatic carbocycles. The van der Waals surface area contributed by atoms with E-state index in [0.29, 0.717) is 17.1 Å². The van der Waals surface area contributed by atoms with Crippen LogP contribution in [-0.2, 0) is 20.9 Å². The Balaban J connectivity index is 1.73. The summed E-state index contributed by atoms with van der Waals surface area (Å²) in [5.74, 6) is -1.06. The summed E-state index contributed by atoms with van der Waals surface area (Å²) in [5, 5.41) is 0.539. The second-order valence-corrected chi connectivity index (χ2v) is 7.34. The van der Waals surface area contributed by atoms with Crippen molar-refractivity contribution in [2.24, 2.45) is 0 Å². The molecule has 0 heterocycles. The van der Waals surface area contributed by atoms with E-state index in [4.69, 9.17) is 16.3 Å². The van der Waals surface area contributed by atoms with Gasteiger partial charge in [-0.05, 0) is 42.0 Å². The zero-order valence-corrected chi connectivity index (χ0v) is 17.6. The maximum Gasteiger partial charge on any atom is 0.306 e. The first kappa shape index (κ1) is 22.4. The molecular weight excluding hydrogens is 392 g/mol. The van der Waals surface area contributed by atoms with Gasteiger partial charge in [0.15, 0.2) is 12.4 Å². The van der Waals surface area contributed by atoms with Gasteiger partial charge in [0.2, 0.25) is 0 Å². The van der Waals surface area contributed by atoms with Crippen LogP contribution in [0.1, 0.15) is 28.8 Å². The molecule has 0 bridgehead atoms. The average molecular weight is 417 g/mol. The Kier molecular flexibility index (Phi) is 8.21. The molecule has 0 fully saturated rings. The van der Waals surface area contributed by atoms with Crippen molar-refractivity contribution in [1.29, 1.82) is 0 Å². The van der Waals surface area contributed by atoms with Gasteiger partial charge < -0.3 is 14.5 Å². The first-order chi connectivity index (χ1) is 13.8. The minimum Gasteiger partial charge on any atom is -0.456 e. The summed E-state index contributed by atoms with van der Waals surface area (Å²) >= 11 is 5.79. The number of carbonyl (C=O) groups excluding carboxylic acids is 3. The number of benzene rings is 2. The van der Waals surface area contributed by atoms with E-state index in [9.17, 15) is 14.4 Å². The standard InChI is InChI=1S/C22H25ClN2O4/c1-24(2)19-10-4-16(5-11-19)14-25(3)21(27)15-29-22(28)13-12-20(26)17-6-8-18(23)9-7-17/h4-11H,12-15H2,1-3H3. The van der Waals surface area contributed by atoms with Crippen LogP contribution in [0.3, 0.4) is 0 Å². The minimum absolute atomic E-state index is 0.0166. The third kappa shape index (κ3) is 7.23. The number of likely N-dealkylation sites (N-methyl/N-ethyl adjacent to an activating group) is 1. The van der Waals surface area contributed by atoms with E-state index < -0.39 is 5.97 Å². The van der Waals surface area contributed by atoms with Crippen LogP contribution >= 0.6 is 11.6 Å². The van der Waals surface area contributed by atoms with E-state index in [0.717, 1.165) is 11.3 Å². The molecule has 1 amide bonds. The normalized spacial score (nSPS) is 10.3. The number of amides is 1. The maximum atomic E-state index is 12.2. The molecule has 29 heavy (non-hydrogen) atoms. The lowest BCUT2D eigenvalue weighted by Gasteiger charge is -2.18. The number of nitrogens with zero attached hydrogens (tertiary/aromatic N) is 2. The molecule has 0 N–H and O–H groups in total. The minimum atomic E-state index is -0.579. The SMILES string of the molecule is CN(Cc1ccc(N(C)C)cc1)C(=O)COC(=O)CCC(=O)c1ccc(Cl)cc1. The number of hydrogen-bond acceptors (Lipinski definition) is 5. The fraction of sp³-hybridized carbons (Fsp3) is 0.318. The summed E-state index contributed by atoms with van der Waals surface area (Å²) in [6.45, 7) is 0.0688. The van der Waals surface area contributed by atoms with Gasteiger partial charge in [-0.15, -0.1) is 0 Å². The monoisotopic (exact) mass is 416 g/mol. The number of ketones is 1. The van der Waals surface area contributed by atoms with Gasteiger partial charge in [0.1, 0.15) is 0 Å². The molecule has 0 saturated carbocycles. The van der Waals surface area contributed by atoms with E-state index in [1.54, 1.807) is 31.3 Å². The molecule has 0 aliphatic rings. The van der Waals surface area contributed by atoms with E-state index in [-0.39, 0.29) is 31.1 Å². The highest BCUT2D eigenvalue weighted by Crippen LogP contribution is 2.14. The summed E-state index contributed by atoms with van der Waals surface area (Å²) < 4.78 is 5.01. The number of hydrogen-bond donors (Lipinski definition) is 0. The van der Waals surface area contributed by atoms with Crippen molar-refractivity contribution >= 4 is 34.9 Å². The molecule has 0 spiro atoms. The molecule has 0 radical (unpaired) electrons. The van der Waals surface area contributed by atoms with Gasteiger partial charge in [0.05, 0.1) is 6.42 Å². The lowest BCUT2D eigenvalue weighted by molar-refractivity contribution is -0.151. The van der Waals surface area contributed by atoms with Crippen LogP contribution in [0.4, 0.5) is 5.69 Å². The zero-order valence-electron chi connectivity index (χ0n) is 16.9. The number of carbonyl (C=O) groups is 3. The Morgan fingerprint density at radius 2 is 1.52 bits per heavy atom. The Morgan fingerprint density at radius 1 is 0.897 bits per heavy atom. The second-order valence-electron chi connectivity index (χ2n) is 6.90. The van der Waals surface area contributed by atoms with Crippen LogP contribution in [0.2, 0.25) is 5.02 Å². The number of Topliss-reactive ketones (excluding diaryl/α,β-unsaturated/α-hetero) is 1. The molecule has 0 unspecified atom stereocenters. The largest absolute Gasteiger partial charge is 0.456 e. The van der Waals surface area contributed by atoms with Crippen LogP contribution in [0.25, 0.3) is 0 Å². The summed E-state index contributed by atoms with van der Waals surface area (Å²) in [7, 11) is 5.57. The Hall–Kier alpha value is -2.86. The van der Waals surface area contributed by atoms with E-state index >= 15 is 0 Å². The van der Waals surface area contributed by atoms with Crippen LogP contribution in [0, 0.1) is 0 Å². The summed E-state index contributed by atoms with van der Waals surface area (Å²) in [6.07, 6.45) is -0.0623. The summed E-state index contributed by atoms with van der Waals surface area (Å²) in [5.41, 5.74) is 2.54. The molecule has 6 nitrogen and oxygen atoms in total. The van der Waals surface area contributed by atoms with Gasteiger partial charge in [-0.3, -0.25) is 14.4 Å². The number of ether oxygens (including phenoxy) is 1. The molecule has 2 aromatic carbocycles. The van der Waals surface area contributed by atoms with Crippen LogP contribution < -0.4 is 4.90 Å². The number of rotatable bonds is 9. The fourth-order valence-corrected chi connectivity index (χ4v) is 2.71. The average Bonchev–Trinajstić information content (AvgIpc) is 2.71. The molecule has 0 aliphatic heterocycles. The predicted molar refractivity (Wildman–Crippen MR) is 113 cm³/mol. The molecule has 7 heteroatoms. The molecule has 2 rings (SSSR count). The first-order valence-electron chi connectivity index (χ1n) is 9.21. The number of anilines is 1. The van der Waals surface area contributed by atoms with E-state index in [1.165, 1.54) is 4.90 Å². The van der Waals surface area contributed by atoms with Crippen molar-refractivity contribution in [1.82, 2.24) is 4.90 Å². The zero-order chi connectivity index (χ0) is 21.4. The van der Waals surface area contributed by atoms with Crippen LogP contribution in [-0.4, -0.2) is 50.3 Å². The van der Waals surface area contributed by atoms with Crippen molar-refractivity contribution in [3.05, 3.63) is 64.7 Å². The lowest BCUT2D eigenvalue weighted by atomic mass is 10.1. The topological polar surface area (TPSA) is 66.9 Å². The van der Waals surface area contributed by atoms with Gasteiger partial charge in [-0.2, -0.15) is 0 Å². The fourth-order valence-electron chi connectivity index (χ4n) is 2.58. The van der Waals surface area contributed by atoms with Crippen molar-refractivity contribution in [3.8, 4) is 0 Å². The predicted octanol–water partition coefficient (Wildman–Crippen LogP) is 3.57. The third-order valence-electron chi connectivity index (χ3n) is 4.38. The highest BCUT2D eigenvalue weighted by atomic mass is 35.5.